The second-order valence-corrected chi connectivity index (χ2v) is 23.5. The minimum absolute atomic E-state index is 0.0268. The number of carbonyl (C=O) groups excluding carboxylic acids is 4. The van der Waals surface area contributed by atoms with Gasteiger partial charge in [-0.15, -0.1) is 0 Å². The maximum atomic E-state index is 14.5. The number of nitrogens with zero attached hydrogens (tertiary/aromatic N) is 5. The summed E-state index contributed by atoms with van der Waals surface area (Å²) in [7, 11) is 0. The highest BCUT2D eigenvalue weighted by Crippen LogP contribution is 2.33. The fourth-order valence-electron chi connectivity index (χ4n) is 11.6. The van der Waals surface area contributed by atoms with Crippen LogP contribution in [-0.2, 0) is 73.6 Å². The van der Waals surface area contributed by atoms with Gasteiger partial charge in [0.05, 0.1) is 109 Å². The van der Waals surface area contributed by atoms with Gasteiger partial charge in [-0.2, -0.15) is 0 Å². The molecule has 0 saturated heterocycles. The van der Waals surface area contributed by atoms with E-state index in [9.17, 15) is 19.2 Å². The number of amides is 2. The van der Waals surface area contributed by atoms with E-state index in [-0.39, 0.29) is 82.6 Å². The molecule has 22 heteroatoms. The predicted molar refractivity (Wildman–Crippen MR) is 359 cm³/mol. The van der Waals surface area contributed by atoms with Gasteiger partial charge in [-0.05, 0) is 46.5 Å². The van der Waals surface area contributed by atoms with Gasteiger partial charge in [0.1, 0.15) is 69.2 Å². The zero-order valence-electron chi connectivity index (χ0n) is 55.3. The molecule has 9 aromatic rings. The van der Waals surface area contributed by atoms with Crippen molar-refractivity contribution in [1.29, 1.82) is 0 Å². The minimum Gasteiger partial charge on any atom is -0.491 e. The Labute approximate surface area is 574 Å². The number of rotatable bonds is 9. The number of hydrogen-bond acceptors (Lipinski definition) is 17. The largest absolute Gasteiger partial charge is 0.491 e. The molecule has 18 aliphatic rings. The SMILES string of the molecule is O=C(CN1C(=O)c2c3ccc(c2C1=O)C[n+]1ccc(cc1)-c1cc[n+](cc1)Cc1ccc(cc1)C[n+]1ccc(cc1)-c1cc[n+](cc1)C3)OCCOCCOC(=O)c1cc2cc(c1)OCCOCCOCCOCCOc1cccc3c(cccc13)OCCOCCOCCOCCO2. The molecule has 18 bridgehead atoms. The summed E-state index contributed by atoms with van der Waals surface area (Å²) >= 11 is 0. The summed E-state index contributed by atoms with van der Waals surface area (Å²) in [5.41, 5.74) is 8.47. The van der Waals surface area contributed by atoms with E-state index in [0.717, 1.165) is 62.5 Å². The molecular weight excluding hydrogens is 1270 g/mol. The predicted octanol–water partition coefficient (Wildman–Crippen LogP) is 7.17. The molecule has 0 spiro atoms. The molecule has 0 unspecified atom stereocenters. The molecule has 99 heavy (non-hydrogen) atoms. The second-order valence-electron chi connectivity index (χ2n) is 23.5. The van der Waals surface area contributed by atoms with Crippen molar-refractivity contribution < 1.29 is 99.0 Å². The van der Waals surface area contributed by atoms with Gasteiger partial charge in [0, 0.05) is 87.6 Å². The highest BCUT2D eigenvalue weighted by atomic mass is 16.6. The Kier molecular flexibility index (Phi) is 24.7. The molecule has 4 aromatic heterocycles. The normalized spacial score (nSPS) is 15.7. The number of aromatic nitrogens is 4. The lowest BCUT2D eigenvalue weighted by molar-refractivity contribution is -0.689. The molecule has 27 rings (SSSR count). The highest BCUT2D eigenvalue weighted by Gasteiger charge is 2.42. The van der Waals surface area contributed by atoms with E-state index in [1.807, 2.05) is 107 Å². The van der Waals surface area contributed by atoms with E-state index in [1.165, 1.54) is 11.1 Å². The summed E-state index contributed by atoms with van der Waals surface area (Å²) < 4.78 is 83.4. The van der Waals surface area contributed by atoms with Crippen LogP contribution in [0.4, 0.5) is 0 Å². The standard InChI is InChI=1S/C77H81N5O17/c83-72(56-82-75(84)73-63-11-12-64(74(73)76(82)85)55-81-27-19-62(20-28-81)60-15-23-79(24-16-60)53-58-8-7-57(9-10-58)52-78-21-13-59(14-22-78)61-17-25-80(54-63)26-18-61)98-47-41-93-42-48-99-77(86)65-49-66-51-67(50-65)95-44-38-90-34-30-88-32-36-92-40-46-97-71-6-2-4-69-68(71)3-1-5-70(69)96-45-39-91-35-31-87-29-33-89-37-43-94-66/h1-28,49-51H,29-48,52-56H2/q+4. The van der Waals surface area contributed by atoms with Gasteiger partial charge >= 0.3 is 11.9 Å². The lowest BCUT2D eigenvalue weighted by atomic mass is 9.97. The van der Waals surface area contributed by atoms with E-state index >= 15 is 0 Å². The van der Waals surface area contributed by atoms with Crippen LogP contribution in [-0.4, -0.2) is 167 Å². The average molecular weight is 1350 g/mol. The molecule has 5 aromatic carbocycles. The minimum atomic E-state index is -0.794. The summed E-state index contributed by atoms with van der Waals surface area (Å²) in [6.07, 6.45) is 16.1. The number of fused-ring (bicyclic) bond motifs is 2. The summed E-state index contributed by atoms with van der Waals surface area (Å²) in [6, 6.07) is 45.4. The van der Waals surface area contributed by atoms with Gasteiger partial charge in [-0.25, -0.2) is 23.1 Å². The highest BCUT2D eigenvalue weighted by molar-refractivity contribution is 6.23. The Hall–Kier alpha value is -10.0. The Bertz CT molecular complexity index is 3920. The van der Waals surface area contributed by atoms with Gasteiger partial charge in [0.2, 0.25) is 0 Å². The Balaban J connectivity index is 0.614. The number of carbonyl (C=O) groups is 4. The topological polar surface area (TPSA) is 207 Å². The monoisotopic (exact) mass is 1350 g/mol. The van der Waals surface area contributed by atoms with Crippen molar-refractivity contribution in [3.63, 3.8) is 0 Å². The molecule has 512 valence electrons. The van der Waals surface area contributed by atoms with Crippen LogP contribution in [0, 0.1) is 0 Å². The van der Waals surface area contributed by atoms with Crippen LogP contribution in [0.5, 0.6) is 23.0 Å². The summed E-state index contributed by atoms with van der Waals surface area (Å²) in [4.78, 5) is 56.9. The van der Waals surface area contributed by atoms with Gasteiger partial charge in [0.15, 0.2) is 75.8 Å². The van der Waals surface area contributed by atoms with Crippen molar-refractivity contribution in [3.05, 3.63) is 228 Å². The van der Waals surface area contributed by atoms with Crippen molar-refractivity contribution >= 4 is 34.5 Å². The molecule has 0 aliphatic carbocycles. The first-order valence-corrected chi connectivity index (χ1v) is 33.4. The number of imide groups is 1. The molecule has 18 aliphatic heterocycles. The Morgan fingerprint density at radius 1 is 0.374 bits per heavy atom. The summed E-state index contributed by atoms with van der Waals surface area (Å²) in [5, 5.41) is 1.88. The molecule has 0 saturated carbocycles. The smallest absolute Gasteiger partial charge is 0.338 e. The zero-order valence-corrected chi connectivity index (χ0v) is 55.3. The van der Waals surface area contributed by atoms with Crippen LogP contribution in [0.3, 0.4) is 0 Å². The van der Waals surface area contributed by atoms with Crippen molar-refractivity contribution in [2.24, 2.45) is 0 Å². The second kappa shape index (κ2) is 35.5. The van der Waals surface area contributed by atoms with Crippen LogP contribution >= 0.6 is 0 Å². The van der Waals surface area contributed by atoms with E-state index in [2.05, 4.69) is 82.5 Å². The van der Waals surface area contributed by atoms with Crippen LogP contribution in [0.15, 0.2) is 189 Å². The zero-order chi connectivity index (χ0) is 67.8. The van der Waals surface area contributed by atoms with Crippen molar-refractivity contribution in [2.75, 3.05) is 139 Å². The van der Waals surface area contributed by atoms with E-state index < -0.39 is 30.3 Å². The molecule has 0 fully saturated rings. The molecule has 0 atom stereocenters. The van der Waals surface area contributed by atoms with Crippen molar-refractivity contribution in [2.45, 2.75) is 26.2 Å². The fourth-order valence-corrected chi connectivity index (χ4v) is 11.6. The summed E-state index contributed by atoms with van der Waals surface area (Å²) in [5.74, 6) is -0.431. The van der Waals surface area contributed by atoms with Gasteiger partial charge in [0.25, 0.3) is 11.8 Å². The Morgan fingerprint density at radius 3 is 1.12 bits per heavy atom. The van der Waals surface area contributed by atoms with E-state index in [0.29, 0.717) is 102 Å². The fraction of sp³-hybridized carbons (Fsp3) is 0.325. The third kappa shape index (κ3) is 19.4. The van der Waals surface area contributed by atoms with Crippen LogP contribution in [0.1, 0.15) is 53.3 Å². The maximum Gasteiger partial charge on any atom is 0.338 e. The molecule has 22 heterocycles. The lowest BCUT2D eigenvalue weighted by Crippen LogP contribution is -2.37. The molecule has 0 radical (unpaired) electrons. The third-order valence-electron chi connectivity index (χ3n) is 16.6. The van der Waals surface area contributed by atoms with Gasteiger partial charge < -0.3 is 61.6 Å². The van der Waals surface area contributed by atoms with Crippen LogP contribution in [0.2, 0.25) is 0 Å². The molecule has 22 nitrogen and oxygen atoms in total. The van der Waals surface area contributed by atoms with Crippen LogP contribution in [0.25, 0.3) is 33.0 Å². The van der Waals surface area contributed by atoms with E-state index in [4.69, 9.17) is 61.6 Å². The molecular formula is C77H81N5O17+4. The van der Waals surface area contributed by atoms with Gasteiger partial charge in [-0.1, -0.05) is 60.7 Å². The number of pyridine rings is 4. The third-order valence-corrected chi connectivity index (χ3v) is 16.6. The molecule has 0 N–H and O–H groups in total. The van der Waals surface area contributed by atoms with E-state index in [1.54, 1.807) is 18.2 Å². The number of benzene rings is 5. The quantitative estimate of drug-likeness (QED) is 0.0607. The number of hydrogen-bond donors (Lipinski definition) is 0. The van der Waals surface area contributed by atoms with Crippen LogP contribution < -0.4 is 37.2 Å². The average Bonchev–Trinajstić information content (AvgIpc) is 1.62. The summed E-state index contributed by atoms with van der Waals surface area (Å²) in [6.45, 7) is 6.29. The number of esters is 2. The van der Waals surface area contributed by atoms with Crippen molar-refractivity contribution in [1.82, 2.24) is 4.90 Å². The lowest BCUT2D eigenvalue weighted by Gasteiger charge is -2.14. The first-order chi connectivity index (χ1) is 48.7. The molecule has 2 amide bonds. The van der Waals surface area contributed by atoms with Crippen molar-refractivity contribution in [3.8, 4) is 45.3 Å². The first-order valence-electron chi connectivity index (χ1n) is 33.4. The number of ether oxygens (including phenoxy) is 13. The van der Waals surface area contributed by atoms with Gasteiger partial charge in [-0.3, -0.25) is 19.3 Å². The maximum absolute atomic E-state index is 14.5. The first kappa shape index (κ1) is 68.9. The Morgan fingerprint density at radius 2 is 0.727 bits per heavy atom.